The molecule has 9 nitrogen and oxygen atoms in total. The van der Waals surface area contributed by atoms with Crippen molar-refractivity contribution in [1.29, 1.82) is 0 Å². The zero-order valence-corrected chi connectivity index (χ0v) is 25.3. The molecule has 0 bridgehead atoms. The average Bonchev–Trinajstić information content (AvgIpc) is 2.97. The highest BCUT2D eigenvalue weighted by atomic mass is 32.2. The van der Waals surface area contributed by atoms with Crippen molar-refractivity contribution in [3.05, 3.63) is 83.9 Å². The zero-order valence-electron chi connectivity index (χ0n) is 24.5. The third-order valence-electron chi connectivity index (χ3n) is 6.72. The zero-order chi connectivity index (χ0) is 30.2. The summed E-state index contributed by atoms with van der Waals surface area (Å²) in [7, 11) is -1.35. The Morgan fingerprint density at radius 2 is 1.56 bits per heavy atom. The number of nitrogens with zero attached hydrogens (tertiary/aromatic N) is 2. The molecule has 0 aromatic heterocycles. The molecule has 0 aliphatic carbocycles. The fraction of sp³-hybridized carbons (Fsp3) is 0.355. The third kappa shape index (κ3) is 7.79. The SMILES string of the molecule is COc1ccc(OC)c(N(CC(=O)N(Cc2ccccc2C)[C@H](C)C(=O)NCC(C)C)S(=O)(=O)c2ccccc2)c1. The quantitative estimate of drug-likeness (QED) is 0.321. The molecule has 0 unspecified atom stereocenters. The molecule has 0 aliphatic rings. The van der Waals surface area contributed by atoms with E-state index >= 15 is 0 Å². The van der Waals surface area contributed by atoms with Crippen LogP contribution >= 0.6 is 0 Å². The van der Waals surface area contributed by atoms with Crippen LogP contribution in [0, 0.1) is 12.8 Å². The molecule has 1 N–H and O–H groups in total. The lowest BCUT2D eigenvalue weighted by molar-refractivity contribution is -0.139. The van der Waals surface area contributed by atoms with Gasteiger partial charge in [-0.25, -0.2) is 8.42 Å². The number of nitrogens with one attached hydrogen (secondary N) is 1. The first-order valence-electron chi connectivity index (χ1n) is 13.4. The Morgan fingerprint density at radius 3 is 2.17 bits per heavy atom. The van der Waals surface area contributed by atoms with E-state index in [1.165, 1.54) is 37.3 Å². The number of anilines is 1. The van der Waals surface area contributed by atoms with E-state index in [0.717, 1.165) is 15.4 Å². The van der Waals surface area contributed by atoms with Crippen molar-refractivity contribution in [2.75, 3.05) is 31.6 Å². The van der Waals surface area contributed by atoms with E-state index < -0.39 is 28.5 Å². The summed E-state index contributed by atoms with van der Waals surface area (Å²) in [5, 5.41) is 2.89. The van der Waals surface area contributed by atoms with Gasteiger partial charge in [0, 0.05) is 19.2 Å². The largest absolute Gasteiger partial charge is 0.497 e. The molecular weight excluding hydrogens is 542 g/mol. The number of ether oxygens (including phenoxy) is 2. The molecule has 0 aliphatic heterocycles. The molecule has 10 heteroatoms. The Morgan fingerprint density at radius 1 is 0.902 bits per heavy atom. The van der Waals surface area contributed by atoms with Crippen LogP contribution in [0.4, 0.5) is 5.69 Å². The number of hydrogen-bond donors (Lipinski definition) is 1. The highest BCUT2D eigenvalue weighted by Gasteiger charge is 2.34. The molecule has 220 valence electrons. The Hall–Kier alpha value is -4.05. The van der Waals surface area contributed by atoms with Crippen molar-refractivity contribution in [3.8, 4) is 11.5 Å². The lowest BCUT2D eigenvalue weighted by Crippen LogP contribution is -2.51. The summed E-state index contributed by atoms with van der Waals surface area (Å²) in [6, 6.07) is 19.3. The summed E-state index contributed by atoms with van der Waals surface area (Å²) < 4.78 is 39.9. The van der Waals surface area contributed by atoms with Gasteiger partial charge in [0.25, 0.3) is 10.0 Å². The van der Waals surface area contributed by atoms with E-state index in [1.54, 1.807) is 37.3 Å². The number of aryl methyl sites for hydroxylation is 1. The number of amides is 2. The van der Waals surface area contributed by atoms with Gasteiger partial charge >= 0.3 is 0 Å². The van der Waals surface area contributed by atoms with Crippen LogP contribution in [0.3, 0.4) is 0 Å². The summed E-state index contributed by atoms with van der Waals surface area (Å²) in [5.74, 6) is -0.0217. The average molecular weight is 582 g/mol. The molecular formula is C31H39N3O6S. The van der Waals surface area contributed by atoms with Crippen molar-refractivity contribution < 1.29 is 27.5 Å². The number of rotatable bonds is 13. The maximum absolute atomic E-state index is 14.1. The van der Waals surface area contributed by atoms with Gasteiger partial charge in [0.2, 0.25) is 11.8 Å². The number of benzene rings is 3. The van der Waals surface area contributed by atoms with E-state index in [0.29, 0.717) is 12.3 Å². The van der Waals surface area contributed by atoms with Crippen molar-refractivity contribution in [2.24, 2.45) is 5.92 Å². The van der Waals surface area contributed by atoms with E-state index in [2.05, 4.69) is 5.32 Å². The fourth-order valence-electron chi connectivity index (χ4n) is 4.23. The van der Waals surface area contributed by atoms with Crippen molar-refractivity contribution >= 4 is 27.5 Å². The van der Waals surface area contributed by atoms with Crippen LogP contribution < -0.4 is 19.1 Å². The van der Waals surface area contributed by atoms with E-state index in [4.69, 9.17) is 9.47 Å². The topological polar surface area (TPSA) is 105 Å². The van der Waals surface area contributed by atoms with Crippen molar-refractivity contribution in [1.82, 2.24) is 10.2 Å². The number of methoxy groups -OCH3 is 2. The molecule has 3 aromatic carbocycles. The Bertz CT molecular complexity index is 1440. The second kappa shape index (κ2) is 14.0. The molecule has 0 saturated heterocycles. The van der Waals surface area contributed by atoms with Crippen molar-refractivity contribution in [2.45, 2.75) is 45.2 Å². The molecule has 3 aromatic rings. The highest BCUT2D eigenvalue weighted by Crippen LogP contribution is 2.36. The monoisotopic (exact) mass is 581 g/mol. The number of hydrogen-bond acceptors (Lipinski definition) is 6. The van der Waals surface area contributed by atoms with Gasteiger partial charge in [0.05, 0.1) is 24.8 Å². The minimum absolute atomic E-state index is 0.00542. The van der Waals surface area contributed by atoms with E-state index in [9.17, 15) is 18.0 Å². The van der Waals surface area contributed by atoms with Gasteiger partial charge in [0.1, 0.15) is 24.1 Å². The van der Waals surface area contributed by atoms with Gasteiger partial charge < -0.3 is 19.7 Å². The number of carbonyl (C=O) groups excluding carboxylic acids is 2. The first-order chi connectivity index (χ1) is 19.5. The fourth-order valence-corrected chi connectivity index (χ4v) is 5.67. The number of carbonyl (C=O) groups is 2. The molecule has 0 saturated carbocycles. The maximum Gasteiger partial charge on any atom is 0.264 e. The van der Waals surface area contributed by atoms with E-state index in [1.807, 2.05) is 45.0 Å². The van der Waals surface area contributed by atoms with Crippen LogP contribution in [0.2, 0.25) is 0 Å². The van der Waals surface area contributed by atoms with Gasteiger partial charge in [-0.15, -0.1) is 0 Å². The predicted octanol–water partition coefficient (Wildman–Crippen LogP) is 4.40. The second-order valence-electron chi connectivity index (χ2n) is 10.1. The summed E-state index contributed by atoms with van der Waals surface area (Å²) in [6.45, 7) is 7.53. The standard InChI is InChI=1S/C31H39N3O6S/c1-22(2)19-32-31(36)24(4)33(20-25-13-11-10-12-23(25)3)30(35)21-34(41(37,38)27-14-8-7-9-15-27)28-18-26(39-5)16-17-29(28)40-6/h7-18,22,24H,19-21H2,1-6H3,(H,32,36)/t24-/m1/s1. The Kier molecular flexibility index (Phi) is 10.8. The molecule has 3 rings (SSSR count). The van der Waals surface area contributed by atoms with Crippen LogP contribution in [-0.4, -0.2) is 58.5 Å². The van der Waals surface area contributed by atoms with Crippen LogP contribution in [0.15, 0.2) is 77.7 Å². The first-order valence-corrected chi connectivity index (χ1v) is 14.8. The third-order valence-corrected chi connectivity index (χ3v) is 8.49. The van der Waals surface area contributed by atoms with Gasteiger partial charge in [-0.2, -0.15) is 0 Å². The lowest BCUT2D eigenvalue weighted by Gasteiger charge is -2.32. The van der Waals surface area contributed by atoms with Crippen LogP contribution in [-0.2, 0) is 26.2 Å². The molecule has 0 spiro atoms. The molecule has 2 amide bonds. The summed E-state index contributed by atoms with van der Waals surface area (Å²) in [6.07, 6.45) is 0. The summed E-state index contributed by atoms with van der Waals surface area (Å²) in [4.78, 5) is 28.7. The van der Waals surface area contributed by atoms with Crippen LogP contribution in [0.1, 0.15) is 31.9 Å². The predicted molar refractivity (Wildman–Crippen MR) is 160 cm³/mol. The first kappa shape index (κ1) is 31.5. The normalized spacial score (nSPS) is 12.0. The van der Waals surface area contributed by atoms with Crippen LogP contribution in [0.25, 0.3) is 0 Å². The Labute approximate surface area is 243 Å². The van der Waals surface area contributed by atoms with Crippen LogP contribution in [0.5, 0.6) is 11.5 Å². The summed E-state index contributed by atoms with van der Waals surface area (Å²) >= 11 is 0. The van der Waals surface area contributed by atoms with Crippen molar-refractivity contribution in [3.63, 3.8) is 0 Å². The summed E-state index contributed by atoms with van der Waals surface area (Å²) in [5.41, 5.74) is 1.93. The molecule has 0 fully saturated rings. The Balaban J connectivity index is 2.10. The number of sulfonamides is 1. The lowest BCUT2D eigenvalue weighted by atomic mass is 10.1. The molecule has 0 radical (unpaired) electrons. The minimum Gasteiger partial charge on any atom is -0.497 e. The molecule has 1 atom stereocenters. The molecule has 41 heavy (non-hydrogen) atoms. The maximum atomic E-state index is 14.1. The minimum atomic E-state index is -4.24. The second-order valence-corrected chi connectivity index (χ2v) is 12.0. The van der Waals surface area contributed by atoms with Gasteiger partial charge in [0.15, 0.2) is 0 Å². The van der Waals surface area contributed by atoms with Gasteiger partial charge in [-0.05, 0) is 55.2 Å². The van der Waals surface area contributed by atoms with Gasteiger partial charge in [-0.1, -0.05) is 56.3 Å². The molecule has 0 heterocycles. The highest BCUT2D eigenvalue weighted by molar-refractivity contribution is 7.92. The smallest absolute Gasteiger partial charge is 0.264 e. The van der Waals surface area contributed by atoms with Gasteiger partial charge in [-0.3, -0.25) is 13.9 Å². The van der Waals surface area contributed by atoms with E-state index in [-0.39, 0.29) is 34.7 Å².